The maximum absolute atomic E-state index is 11.5. The van der Waals surface area contributed by atoms with Crippen LogP contribution in [-0.2, 0) is 0 Å². The minimum absolute atomic E-state index is 0.0466. The molecule has 0 spiro atoms. The number of nitrogens with zero attached hydrogens (tertiary/aromatic N) is 1. The maximum atomic E-state index is 11.5. The third kappa shape index (κ3) is 2.81. The summed E-state index contributed by atoms with van der Waals surface area (Å²) in [6.45, 7) is 1.86. The zero-order valence-corrected chi connectivity index (χ0v) is 8.10. The third-order valence-electron chi connectivity index (χ3n) is 1.95. The van der Waals surface area contributed by atoms with Crippen LogP contribution >= 0.6 is 0 Å². The number of pyridine rings is 1. The minimum Gasteiger partial charge on any atom is -0.394 e. The van der Waals surface area contributed by atoms with E-state index in [1.807, 2.05) is 6.92 Å². The second-order valence-corrected chi connectivity index (χ2v) is 2.98. The molecule has 0 fully saturated rings. The second-order valence-electron chi connectivity index (χ2n) is 2.98. The molecule has 1 heterocycles. The SMILES string of the molecule is CC[C@@H](CO)NC(=O)c1ccccn1. The Morgan fingerprint density at radius 3 is 2.93 bits per heavy atom. The van der Waals surface area contributed by atoms with Gasteiger partial charge < -0.3 is 10.4 Å². The summed E-state index contributed by atoms with van der Waals surface area (Å²) in [6.07, 6.45) is 2.27. The monoisotopic (exact) mass is 194 g/mol. The number of hydrogen-bond acceptors (Lipinski definition) is 3. The van der Waals surface area contributed by atoms with Gasteiger partial charge in [0.1, 0.15) is 5.69 Å². The summed E-state index contributed by atoms with van der Waals surface area (Å²) >= 11 is 0. The third-order valence-corrected chi connectivity index (χ3v) is 1.95. The molecule has 1 amide bonds. The fraction of sp³-hybridized carbons (Fsp3) is 0.400. The molecule has 4 nitrogen and oxygen atoms in total. The molecule has 1 atom stereocenters. The molecule has 0 saturated carbocycles. The van der Waals surface area contributed by atoms with Gasteiger partial charge in [-0.05, 0) is 18.6 Å². The molecule has 2 N–H and O–H groups in total. The number of carbonyl (C=O) groups excluding carboxylic acids is 1. The standard InChI is InChI=1S/C10H14N2O2/c1-2-8(7-13)12-10(14)9-5-3-4-6-11-9/h3-6,8,13H,2,7H2,1H3,(H,12,14)/t8-/m0/s1. The van der Waals surface area contributed by atoms with E-state index in [1.54, 1.807) is 24.4 Å². The molecule has 0 saturated heterocycles. The quantitative estimate of drug-likeness (QED) is 0.737. The smallest absolute Gasteiger partial charge is 0.270 e. The number of rotatable bonds is 4. The lowest BCUT2D eigenvalue weighted by molar-refractivity contribution is 0.0910. The maximum Gasteiger partial charge on any atom is 0.270 e. The molecular weight excluding hydrogens is 180 g/mol. The number of nitrogens with one attached hydrogen (secondary N) is 1. The van der Waals surface area contributed by atoms with E-state index >= 15 is 0 Å². The predicted molar refractivity (Wildman–Crippen MR) is 52.9 cm³/mol. The molecule has 0 radical (unpaired) electrons. The van der Waals surface area contributed by atoms with E-state index in [9.17, 15) is 4.79 Å². The van der Waals surface area contributed by atoms with E-state index in [1.165, 1.54) is 0 Å². The van der Waals surface area contributed by atoms with Crippen LogP contribution in [0, 0.1) is 0 Å². The van der Waals surface area contributed by atoms with E-state index in [2.05, 4.69) is 10.3 Å². The van der Waals surface area contributed by atoms with Gasteiger partial charge in [-0.3, -0.25) is 9.78 Å². The van der Waals surface area contributed by atoms with E-state index < -0.39 is 0 Å². The van der Waals surface area contributed by atoms with Crippen LogP contribution in [0.5, 0.6) is 0 Å². The average Bonchev–Trinajstić information content (AvgIpc) is 2.26. The highest BCUT2D eigenvalue weighted by molar-refractivity contribution is 5.92. The van der Waals surface area contributed by atoms with Gasteiger partial charge in [0.15, 0.2) is 0 Å². The Bertz CT molecular complexity index is 283. The first kappa shape index (κ1) is 10.7. The fourth-order valence-corrected chi connectivity index (χ4v) is 1.03. The van der Waals surface area contributed by atoms with Crippen molar-refractivity contribution < 1.29 is 9.90 Å². The van der Waals surface area contributed by atoms with Gasteiger partial charge in [-0.2, -0.15) is 0 Å². The summed E-state index contributed by atoms with van der Waals surface area (Å²) < 4.78 is 0. The van der Waals surface area contributed by atoms with Gasteiger partial charge in [-0.15, -0.1) is 0 Å². The van der Waals surface area contributed by atoms with E-state index in [0.717, 1.165) is 0 Å². The topological polar surface area (TPSA) is 62.2 Å². The van der Waals surface area contributed by atoms with Crippen molar-refractivity contribution in [3.63, 3.8) is 0 Å². The van der Waals surface area contributed by atoms with Crippen LogP contribution in [0.3, 0.4) is 0 Å². The second kappa shape index (κ2) is 5.34. The van der Waals surface area contributed by atoms with Crippen molar-refractivity contribution >= 4 is 5.91 Å². The number of aromatic nitrogens is 1. The molecule has 0 aromatic carbocycles. The summed E-state index contributed by atoms with van der Waals surface area (Å²) in [5.41, 5.74) is 0.374. The molecule has 0 aliphatic heterocycles. The predicted octanol–water partition coefficient (Wildman–Crippen LogP) is 0.582. The lowest BCUT2D eigenvalue weighted by atomic mass is 10.2. The summed E-state index contributed by atoms with van der Waals surface area (Å²) in [7, 11) is 0. The summed E-state index contributed by atoms with van der Waals surface area (Å²) in [5, 5.41) is 11.6. The average molecular weight is 194 g/mol. The van der Waals surface area contributed by atoms with Gasteiger partial charge in [0.05, 0.1) is 12.6 Å². The van der Waals surface area contributed by atoms with Crippen LogP contribution in [0.1, 0.15) is 23.8 Å². The Morgan fingerprint density at radius 2 is 2.43 bits per heavy atom. The van der Waals surface area contributed by atoms with Crippen molar-refractivity contribution in [1.29, 1.82) is 0 Å². The van der Waals surface area contributed by atoms with Gasteiger partial charge in [0.25, 0.3) is 5.91 Å². The lowest BCUT2D eigenvalue weighted by Crippen LogP contribution is -2.37. The molecule has 0 bridgehead atoms. The number of carbonyl (C=O) groups is 1. The van der Waals surface area contributed by atoms with Gasteiger partial charge >= 0.3 is 0 Å². The highest BCUT2D eigenvalue weighted by Gasteiger charge is 2.11. The number of aliphatic hydroxyl groups excluding tert-OH is 1. The van der Waals surface area contributed by atoms with E-state index in [0.29, 0.717) is 12.1 Å². The van der Waals surface area contributed by atoms with Crippen LogP contribution in [0.4, 0.5) is 0 Å². The van der Waals surface area contributed by atoms with Crippen molar-refractivity contribution in [1.82, 2.24) is 10.3 Å². The molecule has 14 heavy (non-hydrogen) atoms. The Kier molecular flexibility index (Phi) is 4.07. The molecule has 0 aliphatic carbocycles. The Balaban J connectivity index is 2.59. The van der Waals surface area contributed by atoms with Crippen LogP contribution in [0.25, 0.3) is 0 Å². The number of aliphatic hydroxyl groups is 1. The Labute approximate surface area is 83.0 Å². The molecule has 76 valence electrons. The first-order chi connectivity index (χ1) is 6.77. The first-order valence-corrected chi connectivity index (χ1v) is 4.60. The molecular formula is C10H14N2O2. The van der Waals surface area contributed by atoms with Gasteiger partial charge in [0, 0.05) is 6.20 Å². The lowest BCUT2D eigenvalue weighted by Gasteiger charge is -2.13. The molecule has 1 rings (SSSR count). The molecule has 0 unspecified atom stereocenters. The highest BCUT2D eigenvalue weighted by Crippen LogP contribution is 1.96. The normalized spacial score (nSPS) is 12.1. The molecule has 1 aromatic heterocycles. The minimum atomic E-state index is -0.244. The summed E-state index contributed by atoms with van der Waals surface area (Å²) in [6, 6.07) is 4.95. The fourth-order valence-electron chi connectivity index (χ4n) is 1.03. The Hall–Kier alpha value is -1.42. The van der Waals surface area contributed by atoms with E-state index in [4.69, 9.17) is 5.11 Å². The van der Waals surface area contributed by atoms with Crippen molar-refractivity contribution in [2.45, 2.75) is 19.4 Å². The zero-order chi connectivity index (χ0) is 10.4. The van der Waals surface area contributed by atoms with E-state index in [-0.39, 0.29) is 18.6 Å². The van der Waals surface area contributed by atoms with Crippen LogP contribution < -0.4 is 5.32 Å². The van der Waals surface area contributed by atoms with Gasteiger partial charge in [-0.1, -0.05) is 13.0 Å². The van der Waals surface area contributed by atoms with Crippen LogP contribution in [-0.4, -0.2) is 28.6 Å². The van der Waals surface area contributed by atoms with Gasteiger partial charge in [-0.25, -0.2) is 0 Å². The van der Waals surface area contributed by atoms with Crippen molar-refractivity contribution in [3.8, 4) is 0 Å². The summed E-state index contributed by atoms with van der Waals surface area (Å²) in [5.74, 6) is -0.244. The first-order valence-electron chi connectivity index (χ1n) is 4.60. The van der Waals surface area contributed by atoms with Gasteiger partial charge in [0.2, 0.25) is 0 Å². The van der Waals surface area contributed by atoms with Crippen LogP contribution in [0.15, 0.2) is 24.4 Å². The van der Waals surface area contributed by atoms with Crippen molar-refractivity contribution in [2.75, 3.05) is 6.61 Å². The highest BCUT2D eigenvalue weighted by atomic mass is 16.3. The van der Waals surface area contributed by atoms with Crippen LogP contribution in [0.2, 0.25) is 0 Å². The van der Waals surface area contributed by atoms with Crippen molar-refractivity contribution in [3.05, 3.63) is 30.1 Å². The zero-order valence-electron chi connectivity index (χ0n) is 8.10. The Morgan fingerprint density at radius 1 is 1.64 bits per heavy atom. The van der Waals surface area contributed by atoms with Crippen molar-refractivity contribution in [2.24, 2.45) is 0 Å². The molecule has 0 aliphatic rings. The molecule has 1 aromatic rings. The summed E-state index contributed by atoms with van der Waals surface area (Å²) in [4.78, 5) is 15.4. The largest absolute Gasteiger partial charge is 0.394 e. The molecule has 4 heteroatoms. The number of amides is 1. The number of hydrogen-bond donors (Lipinski definition) is 2.